The highest BCUT2D eigenvalue weighted by atomic mass is 32.2. The van der Waals surface area contributed by atoms with Gasteiger partial charge in [0.1, 0.15) is 0 Å². The van der Waals surface area contributed by atoms with Crippen LogP contribution in [0.1, 0.15) is 17.0 Å². The average Bonchev–Trinajstić information content (AvgIpc) is 3.53. The van der Waals surface area contributed by atoms with E-state index in [0.29, 0.717) is 22.7 Å². The van der Waals surface area contributed by atoms with Crippen molar-refractivity contribution in [2.24, 2.45) is 0 Å². The van der Waals surface area contributed by atoms with Crippen LogP contribution >= 0.6 is 11.8 Å². The van der Waals surface area contributed by atoms with Crippen LogP contribution in [0.5, 0.6) is 0 Å². The Morgan fingerprint density at radius 1 is 1.12 bits per heavy atom. The van der Waals surface area contributed by atoms with Crippen LogP contribution < -0.4 is 4.72 Å². The number of nitrogens with one attached hydrogen (secondary N) is 2. The summed E-state index contributed by atoms with van der Waals surface area (Å²) < 4.78 is 34.4. The molecule has 0 aliphatic heterocycles. The van der Waals surface area contributed by atoms with Crippen molar-refractivity contribution in [1.82, 2.24) is 30.1 Å². The molecule has 33 heavy (non-hydrogen) atoms. The third kappa shape index (κ3) is 4.34. The highest BCUT2D eigenvalue weighted by Crippen LogP contribution is 2.24. The lowest BCUT2D eigenvalue weighted by Crippen LogP contribution is -2.13. The molecule has 0 radical (unpaired) electrons. The van der Waals surface area contributed by atoms with Crippen LogP contribution in [0.2, 0.25) is 0 Å². The van der Waals surface area contributed by atoms with Gasteiger partial charge in [-0.2, -0.15) is 0 Å². The van der Waals surface area contributed by atoms with E-state index < -0.39 is 10.0 Å². The largest absolute Gasteiger partial charge is 0.337 e. The number of nitrogens with zero attached hydrogens (tertiary/aromatic N) is 5. The van der Waals surface area contributed by atoms with Gasteiger partial charge in [-0.1, -0.05) is 34.3 Å². The fraction of sp³-hybridized carbons (Fsp3) is 0.143. The Hall–Kier alpha value is -3.64. The van der Waals surface area contributed by atoms with E-state index >= 15 is 0 Å². The minimum atomic E-state index is -3.81. The summed E-state index contributed by atoms with van der Waals surface area (Å²) >= 11 is 1.53. The van der Waals surface area contributed by atoms with Crippen molar-refractivity contribution in [2.45, 2.75) is 29.7 Å². The van der Waals surface area contributed by atoms with E-state index in [9.17, 15) is 8.42 Å². The van der Waals surface area contributed by atoms with E-state index in [0.717, 1.165) is 21.9 Å². The third-order valence-electron chi connectivity index (χ3n) is 5.06. The second kappa shape index (κ2) is 8.37. The van der Waals surface area contributed by atoms with Crippen molar-refractivity contribution in [3.05, 3.63) is 71.7 Å². The van der Waals surface area contributed by atoms with Gasteiger partial charge in [-0.3, -0.25) is 0 Å². The van der Waals surface area contributed by atoms with E-state index in [4.69, 9.17) is 4.52 Å². The van der Waals surface area contributed by atoms with Crippen molar-refractivity contribution >= 4 is 38.7 Å². The molecule has 2 N–H and O–H groups in total. The summed E-state index contributed by atoms with van der Waals surface area (Å²) in [4.78, 5) is 7.91. The SMILES string of the molecule is Cc1noc(NS(=O)(=O)c2ccc(-n3cc(CSc4nc5ccccc5[nH]4)nn3)cc2)c1C. The van der Waals surface area contributed by atoms with E-state index in [1.807, 2.05) is 24.3 Å². The summed E-state index contributed by atoms with van der Waals surface area (Å²) in [5, 5.41) is 12.9. The number of aromatic nitrogens is 6. The molecule has 5 rings (SSSR count). The van der Waals surface area contributed by atoms with Crippen LogP contribution in [0.3, 0.4) is 0 Å². The Bertz CT molecular complexity index is 1500. The molecule has 0 aliphatic carbocycles. The Kier molecular flexibility index (Phi) is 5.38. The minimum Gasteiger partial charge on any atom is -0.337 e. The molecule has 3 aromatic heterocycles. The van der Waals surface area contributed by atoms with Gasteiger partial charge in [0.15, 0.2) is 5.16 Å². The first kappa shape index (κ1) is 21.2. The molecule has 168 valence electrons. The number of aryl methyl sites for hydroxylation is 1. The van der Waals surface area contributed by atoms with E-state index in [2.05, 4.69) is 30.2 Å². The first-order valence-electron chi connectivity index (χ1n) is 9.94. The van der Waals surface area contributed by atoms with Crippen LogP contribution in [-0.2, 0) is 15.8 Å². The van der Waals surface area contributed by atoms with E-state index in [1.54, 1.807) is 36.9 Å². The summed E-state index contributed by atoms with van der Waals surface area (Å²) in [7, 11) is -3.81. The van der Waals surface area contributed by atoms with Crippen molar-refractivity contribution < 1.29 is 12.9 Å². The van der Waals surface area contributed by atoms with Gasteiger partial charge in [-0.05, 0) is 50.2 Å². The van der Waals surface area contributed by atoms with Crippen LogP contribution in [0.4, 0.5) is 5.88 Å². The highest BCUT2D eigenvalue weighted by Gasteiger charge is 2.19. The van der Waals surface area contributed by atoms with Gasteiger partial charge < -0.3 is 9.51 Å². The zero-order valence-corrected chi connectivity index (χ0v) is 19.3. The lowest BCUT2D eigenvalue weighted by Gasteiger charge is -2.07. The molecular weight excluding hydrogens is 462 g/mol. The predicted molar refractivity (Wildman–Crippen MR) is 124 cm³/mol. The molecule has 0 unspecified atom stereocenters. The zero-order valence-electron chi connectivity index (χ0n) is 17.7. The fourth-order valence-corrected chi connectivity index (χ4v) is 4.91. The van der Waals surface area contributed by atoms with Gasteiger partial charge in [0.2, 0.25) is 5.88 Å². The molecule has 0 amide bonds. The first-order valence-corrected chi connectivity index (χ1v) is 12.4. The molecule has 0 aliphatic rings. The molecule has 12 heteroatoms. The number of para-hydroxylation sites is 2. The molecule has 10 nitrogen and oxygen atoms in total. The second-order valence-corrected chi connectivity index (χ2v) is 9.97. The summed E-state index contributed by atoms with van der Waals surface area (Å²) in [5.41, 5.74) is 4.64. The lowest BCUT2D eigenvalue weighted by atomic mass is 10.3. The van der Waals surface area contributed by atoms with Crippen molar-refractivity contribution in [2.75, 3.05) is 4.72 Å². The molecule has 0 saturated heterocycles. The number of sulfonamides is 1. The number of benzene rings is 2. The van der Waals surface area contributed by atoms with Crippen molar-refractivity contribution in [3.8, 4) is 5.69 Å². The number of hydrogen-bond acceptors (Lipinski definition) is 8. The number of rotatable bonds is 7. The molecule has 5 aromatic rings. The molecule has 0 bridgehead atoms. The Labute approximate surface area is 193 Å². The zero-order chi connectivity index (χ0) is 23.0. The van der Waals surface area contributed by atoms with Gasteiger partial charge in [0.25, 0.3) is 10.0 Å². The van der Waals surface area contributed by atoms with Crippen LogP contribution in [0, 0.1) is 13.8 Å². The van der Waals surface area contributed by atoms with Crippen LogP contribution in [0.25, 0.3) is 16.7 Å². The molecule has 0 fully saturated rings. The summed E-state index contributed by atoms with van der Waals surface area (Å²) in [6.07, 6.45) is 1.80. The molecule has 2 aromatic carbocycles. The number of fused-ring (bicyclic) bond motifs is 1. The van der Waals surface area contributed by atoms with Crippen LogP contribution in [0.15, 0.2) is 69.3 Å². The normalized spacial score (nSPS) is 11.8. The number of thioether (sulfide) groups is 1. The highest BCUT2D eigenvalue weighted by molar-refractivity contribution is 7.98. The van der Waals surface area contributed by atoms with E-state index in [-0.39, 0.29) is 10.8 Å². The second-order valence-electron chi connectivity index (χ2n) is 7.32. The van der Waals surface area contributed by atoms with Gasteiger partial charge >= 0.3 is 0 Å². The van der Waals surface area contributed by atoms with Crippen molar-refractivity contribution in [3.63, 3.8) is 0 Å². The summed E-state index contributed by atoms with van der Waals surface area (Å²) in [5.74, 6) is 0.700. The maximum atomic E-state index is 12.7. The number of imidazole rings is 1. The number of H-pyrrole nitrogens is 1. The number of anilines is 1. The monoisotopic (exact) mass is 481 g/mol. The Morgan fingerprint density at radius 2 is 1.91 bits per heavy atom. The predicted octanol–water partition coefficient (Wildman–Crippen LogP) is 3.84. The summed E-state index contributed by atoms with van der Waals surface area (Å²) in [6.45, 7) is 3.48. The number of aromatic amines is 1. The molecule has 0 atom stereocenters. The number of hydrogen-bond donors (Lipinski definition) is 2. The fourth-order valence-electron chi connectivity index (χ4n) is 3.10. The standard InChI is InChI=1S/C21H19N7O3S2/c1-13-14(2)25-31-20(13)26-33(29,30)17-9-7-16(8-10-17)28-11-15(24-27-28)12-32-21-22-18-5-3-4-6-19(18)23-21/h3-11,26H,12H2,1-2H3,(H,22,23). The molecular formula is C21H19N7O3S2. The van der Waals surface area contributed by atoms with E-state index in [1.165, 1.54) is 23.9 Å². The smallest absolute Gasteiger partial charge is 0.264 e. The van der Waals surface area contributed by atoms with Gasteiger partial charge in [0, 0.05) is 11.3 Å². The maximum absolute atomic E-state index is 12.7. The topological polar surface area (TPSA) is 132 Å². The van der Waals surface area contributed by atoms with Crippen molar-refractivity contribution in [1.29, 1.82) is 0 Å². The Morgan fingerprint density at radius 3 is 2.64 bits per heavy atom. The molecule has 0 saturated carbocycles. The minimum absolute atomic E-state index is 0.0977. The summed E-state index contributed by atoms with van der Waals surface area (Å²) in [6, 6.07) is 14.2. The molecule has 0 spiro atoms. The van der Waals surface area contributed by atoms with Gasteiger partial charge in [0.05, 0.1) is 39.2 Å². The lowest BCUT2D eigenvalue weighted by molar-refractivity contribution is 0.430. The first-order chi connectivity index (χ1) is 15.9. The quantitative estimate of drug-likeness (QED) is 0.335. The van der Waals surface area contributed by atoms with Crippen LogP contribution in [-0.4, -0.2) is 38.5 Å². The van der Waals surface area contributed by atoms with Gasteiger partial charge in [-0.15, -0.1) is 5.10 Å². The third-order valence-corrected chi connectivity index (χ3v) is 7.31. The average molecular weight is 482 g/mol. The molecule has 3 heterocycles. The maximum Gasteiger partial charge on any atom is 0.264 e. The Balaban J connectivity index is 1.27. The van der Waals surface area contributed by atoms with Gasteiger partial charge in [-0.25, -0.2) is 22.8 Å².